The van der Waals surface area contributed by atoms with Gasteiger partial charge in [0.2, 0.25) is 0 Å². The Morgan fingerprint density at radius 3 is 2.25 bits per heavy atom. The molecule has 0 saturated carbocycles. The molecule has 7 nitrogen and oxygen atoms in total. The molecular formula is C25H17F3N4O3S. The topological polar surface area (TPSA) is 105 Å². The number of benzene rings is 3. The summed E-state index contributed by atoms with van der Waals surface area (Å²) in [4.78, 5) is 7.24. The first-order valence-corrected chi connectivity index (χ1v) is 11.9. The van der Waals surface area contributed by atoms with E-state index in [4.69, 9.17) is 10.00 Å². The highest BCUT2D eigenvalue weighted by atomic mass is 32.2. The van der Waals surface area contributed by atoms with Gasteiger partial charge in [-0.1, -0.05) is 36.4 Å². The van der Waals surface area contributed by atoms with E-state index in [9.17, 15) is 21.6 Å². The van der Waals surface area contributed by atoms with E-state index in [2.05, 4.69) is 14.7 Å². The minimum atomic E-state index is -4.85. The predicted molar refractivity (Wildman–Crippen MR) is 125 cm³/mol. The summed E-state index contributed by atoms with van der Waals surface area (Å²) in [5.41, 5.74) is 0.670. The normalized spacial score (nSPS) is 11.5. The Morgan fingerprint density at radius 1 is 0.917 bits per heavy atom. The van der Waals surface area contributed by atoms with Gasteiger partial charge in [0.05, 0.1) is 22.1 Å². The molecule has 0 aliphatic carbocycles. The lowest BCUT2D eigenvalue weighted by molar-refractivity contribution is -0.139. The molecule has 4 rings (SSSR count). The molecule has 0 amide bonds. The van der Waals surface area contributed by atoms with E-state index in [0.717, 1.165) is 17.7 Å². The summed E-state index contributed by atoms with van der Waals surface area (Å²) in [5, 5.41) is 8.86. The van der Waals surface area contributed by atoms with Crippen LogP contribution in [-0.4, -0.2) is 18.4 Å². The summed E-state index contributed by atoms with van der Waals surface area (Å²) in [6.45, 7) is 0.236. The van der Waals surface area contributed by atoms with E-state index < -0.39 is 26.7 Å². The largest absolute Gasteiger partial charge is 0.489 e. The molecule has 0 bridgehead atoms. The fraction of sp³-hybridized carbons (Fsp3) is 0.0800. The molecule has 0 spiro atoms. The van der Waals surface area contributed by atoms with E-state index in [1.165, 1.54) is 18.5 Å². The molecule has 11 heteroatoms. The average molecular weight is 510 g/mol. The predicted octanol–water partition coefficient (Wildman–Crippen LogP) is 5.41. The van der Waals surface area contributed by atoms with Crippen LogP contribution in [0.15, 0.2) is 90.1 Å². The summed E-state index contributed by atoms with van der Waals surface area (Å²) in [7, 11) is -4.62. The molecule has 3 aromatic carbocycles. The lowest BCUT2D eigenvalue weighted by atomic mass is 10.1. The molecule has 0 atom stereocenters. The van der Waals surface area contributed by atoms with Crippen LogP contribution in [0.5, 0.6) is 5.75 Å². The fourth-order valence-electron chi connectivity index (χ4n) is 3.29. The monoisotopic (exact) mass is 510 g/mol. The van der Waals surface area contributed by atoms with Crippen LogP contribution >= 0.6 is 0 Å². The van der Waals surface area contributed by atoms with Gasteiger partial charge in [-0.3, -0.25) is 9.71 Å². The third-order valence-corrected chi connectivity index (χ3v) is 6.42. The zero-order valence-electron chi connectivity index (χ0n) is 18.4. The Bertz CT molecular complexity index is 1520. The van der Waals surface area contributed by atoms with Crippen LogP contribution < -0.4 is 9.46 Å². The van der Waals surface area contributed by atoms with Crippen molar-refractivity contribution in [2.24, 2.45) is 0 Å². The number of nitrogens with zero attached hydrogens (tertiary/aromatic N) is 3. The van der Waals surface area contributed by atoms with Crippen molar-refractivity contribution in [3.8, 4) is 23.1 Å². The molecule has 36 heavy (non-hydrogen) atoms. The van der Waals surface area contributed by atoms with E-state index >= 15 is 0 Å². The number of halogens is 3. The van der Waals surface area contributed by atoms with Gasteiger partial charge in [0.25, 0.3) is 10.0 Å². The highest BCUT2D eigenvalue weighted by Gasteiger charge is 2.37. The summed E-state index contributed by atoms with van der Waals surface area (Å²) in [6, 6.07) is 19.4. The number of hydrogen-bond acceptors (Lipinski definition) is 6. The van der Waals surface area contributed by atoms with Crippen molar-refractivity contribution in [3.63, 3.8) is 0 Å². The first-order chi connectivity index (χ1) is 17.2. The highest BCUT2D eigenvalue weighted by molar-refractivity contribution is 7.92. The lowest BCUT2D eigenvalue weighted by Gasteiger charge is -2.15. The molecule has 0 aliphatic rings. The fourth-order valence-corrected chi connectivity index (χ4v) is 4.54. The molecule has 0 radical (unpaired) electrons. The number of aromatic nitrogens is 2. The van der Waals surface area contributed by atoms with E-state index in [-0.39, 0.29) is 18.1 Å². The van der Waals surface area contributed by atoms with Crippen LogP contribution in [-0.2, 0) is 22.8 Å². The second-order valence-corrected chi connectivity index (χ2v) is 9.13. The molecular weight excluding hydrogens is 493 g/mol. The number of alkyl halides is 3. The van der Waals surface area contributed by atoms with Crippen LogP contribution in [0.3, 0.4) is 0 Å². The first kappa shape index (κ1) is 24.7. The number of hydrogen-bond donors (Lipinski definition) is 1. The SMILES string of the molecule is N#Cc1ccc(OCc2ccc(-c3nccnc3NS(=O)(=O)c3ccccc3C(F)(F)F)cc2)cc1. The molecule has 0 aliphatic heterocycles. The second-order valence-electron chi connectivity index (χ2n) is 7.47. The Balaban J connectivity index is 1.55. The van der Waals surface area contributed by atoms with Gasteiger partial charge in [0.1, 0.15) is 18.1 Å². The molecule has 182 valence electrons. The van der Waals surface area contributed by atoms with Gasteiger partial charge in [-0.15, -0.1) is 0 Å². The maximum absolute atomic E-state index is 13.4. The van der Waals surface area contributed by atoms with Gasteiger partial charge in [-0.2, -0.15) is 18.4 Å². The quantitative estimate of drug-likeness (QED) is 0.356. The number of nitriles is 1. The maximum atomic E-state index is 13.4. The summed E-state index contributed by atoms with van der Waals surface area (Å²) in [6.07, 6.45) is -2.28. The third-order valence-electron chi connectivity index (χ3n) is 5.03. The number of sulfonamides is 1. The highest BCUT2D eigenvalue weighted by Crippen LogP contribution is 2.35. The zero-order chi connectivity index (χ0) is 25.8. The maximum Gasteiger partial charge on any atom is 0.417 e. The van der Waals surface area contributed by atoms with Crippen LogP contribution in [0.4, 0.5) is 19.0 Å². The van der Waals surface area contributed by atoms with E-state index in [1.54, 1.807) is 48.5 Å². The molecule has 1 N–H and O–H groups in total. The first-order valence-electron chi connectivity index (χ1n) is 10.4. The van der Waals surface area contributed by atoms with Crippen LogP contribution in [0.25, 0.3) is 11.3 Å². The zero-order valence-corrected chi connectivity index (χ0v) is 19.2. The van der Waals surface area contributed by atoms with E-state index in [1.807, 2.05) is 6.07 Å². The van der Waals surface area contributed by atoms with Crippen molar-refractivity contribution in [3.05, 3.63) is 102 Å². The Morgan fingerprint density at radius 2 is 1.58 bits per heavy atom. The van der Waals surface area contributed by atoms with Crippen LogP contribution in [0, 0.1) is 11.3 Å². The standard InChI is InChI=1S/C25H17F3N4O3S/c26-25(27,28)21-3-1-2-4-22(21)36(33,34)32-24-23(30-13-14-31-24)19-9-5-18(6-10-19)16-35-20-11-7-17(15-29)8-12-20/h1-14H,16H2,(H,31,32). The molecule has 0 unspecified atom stereocenters. The van der Waals surface area contributed by atoms with Crippen molar-refractivity contribution in [2.45, 2.75) is 17.7 Å². The third kappa shape index (κ3) is 5.61. The number of anilines is 1. The average Bonchev–Trinajstić information content (AvgIpc) is 2.88. The van der Waals surface area contributed by atoms with Crippen molar-refractivity contribution < 1.29 is 26.3 Å². The van der Waals surface area contributed by atoms with Crippen molar-refractivity contribution in [2.75, 3.05) is 4.72 Å². The van der Waals surface area contributed by atoms with Gasteiger partial charge in [0, 0.05) is 18.0 Å². The Kier molecular flexibility index (Phi) is 6.89. The minimum absolute atomic E-state index is 0.144. The summed E-state index contributed by atoms with van der Waals surface area (Å²) < 4.78 is 73.6. The van der Waals surface area contributed by atoms with Crippen molar-refractivity contribution >= 4 is 15.8 Å². The van der Waals surface area contributed by atoms with Crippen LogP contribution in [0.1, 0.15) is 16.7 Å². The Hall–Kier alpha value is -4.43. The van der Waals surface area contributed by atoms with Gasteiger partial charge in [-0.25, -0.2) is 13.4 Å². The van der Waals surface area contributed by atoms with Gasteiger partial charge >= 0.3 is 6.18 Å². The van der Waals surface area contributed by atoms with Crippen molar-refractivity contribution in [1.82, 2.24) is 9.97 Å². The number of rotatable bonds is 7. The van der Waals surface area contributed by atoms with Gasteiger partial charge in [0.15, 0.2) is 5.82 Å². The molecule has 0 fully saturated rings. The van der Waals surface area contributed by atoms with Gasteiger partial charge < -0.3 is 4.74 Å². The van der Waals surface area contributed by atoms with Crippen LogP contribution in [0.2, 0.25) is 0 Å². The molecule has 1 heterocycles. The van der Waals surface area contributed by atoms with Gasteiger partial charge in [-0.05, 0) is 42.0 Å². The minimum Gasteiger partial charge on any atom is -0.489 e. The second kappa shape index (κ2) is 10.1. The molecule has 1 aromatic heterocycles. The smallest absolute Gasteiger partial charge is 0.417 e. The Labute approximate surface area is 204 Å². The summed E-state index contributed by atoms with van der Waals surface area (Å²) in [5.74, 6) is 0.374. The lowest BCUT2D eigenvalue weighted by Crippen LogP contribution is -2.20. The number of ether oxygens (including phenoxy) is 1. The molecule has 0 saturated heterocycles. The number of nitrogens with one attached hydrogen (secondary N) is 1. The van der Waals surface area contributed by atoms with E-state index in [0.29, 0.717) is 22.9 Å². The molecule has 4 aromatic rings. The summed E-state index contributed by atoms with van der Waals surface area (Å²) >= 11 is 0. The van der Waals surface area contributed by atoms with Crippen molar-refractivity contribution in [1.29, 1.82) is 5.26 Å².